The molecule has 1 atom stereocenters. The molecule has 1 aromatic heterocycles. The Balaban J connectivity index is 2.05. The molecule has 2 rings (SSSR count). The van der Waals surface area contributed by atoms with Crippen molar-refractivity contribution in [3.8, 4) is 0 Å². The zero-order chi connectivity index (χ0) is 16.7. The van der Waals surface area contributed by atoms with Gasteiger partial charge in [-0.1, -0.05) is 6.92 Å². The number of hydrogen-bond donors (Lipinski definition) is 2. The molecule has 1 heterocycles. The summed E-state index contributed by atoms with van der Waals surface area (Å²) in [6.45, 7) is 10.6. The number of rotatable bonds is 8. The van der Waals surface area contributed by atoms with E-state index in [4.69, 9.17) is 0 Å². The van der Waals surface area contributed by atoms with Crippen LogP contribution in [-0.4, -0.2) is 29.1 Å². The van der Waals surface area contributed by atoms with Crippen molar-refractivity contribution in [2.45, 2.75) is 40.2 Å². The first-order valence-corrected chi connectivity index (χ1v) is 8.37. The Morgan fingerprint density at radius 1 is 1.04 bits per heavy atom. The molecule has 1 unspecified atom stereocenters. The summed E-state index contributed by atoms with van der Waals surface area (Å²) < 4.78 is 0. The molecular formula is C18H27N5. The highest BCUT2D eigenvalue weighted by atomic mass is 15.1. The van der Waals surface area contributed by atoms with Gasteiger partial charge in [-0.15, -0.1) is 0 Å². The zero-order valence-electron chi connectivity index (χ0n) is 14.5. The van der Waals surface area contributed by atoms with Crippen molar-refractivity contribution in [2.75, 3.05) is 28.6 Å². The van der Waals surface area contributed by atoms with E-state index >= 15 is 0 Å². The molecule has 0 radical (unpaired) electrons. The highest BCUT2D eigenvalue weighted by Crippen LogP contribution is 2.20. The van der Waals surface area contributed by atoms with Crippen molar-refractivity contribution in [1.29, 1.82) is 0 Å². The highest BCUT2D eigenvalue weighted by molar-refractivity contribution is 5.60. The summed E-state index contributed by atoms with van der Waals surface area (Å²) in [6.07, 6.45) is 2.82. The second-order valence-corrected chi connectivity index (χ2v) is 5.56. The van der Waals surface area contributed by atoms with E-state index in [0.717, 1.165) is 31.0 Å². The summed E-state index contributed by atoms with van der Waals surface area (Å²) >= 11 is 0. The van der Waals surface area contributed by atoms with Crippen LogP contribution in [-0.2, 0) is 0 Å². The lowest BCUT2D eigenvalue weighted by Gasteiger charge is -2.21. The molecule has 0 amide bonds. The average molecular weight is 313 g/mol. The number of hydrogen-bond acceptors (Lipinski definition) is 5. The van der Waals surface area contributed by atoms with Crippen LogP contribution in [0, 0.1) is 0 Å². The number of nitrogens with one attached hydrogen (secondary N) is 2. The fraction of sp³-hybridized carbons (Fsp3) is 0.444. The van der Waals surface area contributed by atoms with Gasteiger partial charge in [-0.2, -0.15) is 4.98 Å². The van der Waals surface area contributed by atoms with Gasteiger partial charge in [-0.05, 0) is 57.5 Å². The predicted molar refractivity (Wildman–Crippen MR) is 98.7 cm³/mol. The second-order valence-electron chi connectivity index (χ2n) is 5.56. The van der Waals surface area contributed by atoms with Gasteiger partial charge in [0.15, 0.2) is 0 Å². The van der Waals surface area contributed by atoms with E-state index in [1.54, 1.807) is 6.20 Å². The van der Waals surface area contributed by atoms with Gasteiger partial charge < -0.3 is 15.5 Å². The van der Waals surface area contributed by atoms with Crippen LogP contribution in [0.1, 0.15) is 34.1 Å². The van der Waals surface area contributed by atoms with Crippen molar-refractivity contribution in [1.82, 2.24) is 9.97 Å². The van der Waals surface area contributed by atoms with Gasteiger partial charge in [0.1, 0.15) is 5.82 Å². The van der Waals surface area contributed by atoms with Gasteiger partial charge in [-0.3, -0.25) is 0 Å². The maximum absolute atomic E-state index is 4.50. The SMILES string of the molecule is CCC(C)Nc1ccnc(Nc2ccc(N(CC)CC)cc2)n1. The molecule has 1 aromatic carbocycles. The minimum Gasteiger partial charge on any atom is -0.372 e. The first-order chi connectivity index (χ1) is 11.2. The lowest BCUT2D eigenvalue weighted by atomic mass is 10.2. The molecule has 0 saturated carbocycles. The van der Waals surface area contributed by atoms with Crippen LogP contribution in [0.2, 0.25) is 0 Å². The van der Waals surface area contributed by atoms with E-state index in [1.807, 2.05) is 6.07 Å². The molecule has 0 bridgehead atoms. The summed E-state index contributed by atoms with van der Waals surface area (Å²) in [7, 11) is 0. The standard InChI is InChI=1S/C18H27N5/c1-5-14(4)20-17-12-13-19-18(22-17)21-15-8-10-16(11-9-15)23(6-2)7-3/h8-14H,5-7H2,1-4H3,(H2,19,20,21,22). The topological polar surface area (TPSA) is 53.1 Å². The van der Waals surface area contributed by atoms with E-state index in [2.05, 4.69) is 77.5 Å². The fourth-order valence-corrected chi connectivity index (χ4v) is 2.33. The van der Waals surface area contributed by atoms with Crippen molar-refractivity contribution in [2.24, 2.45) is 0 Å². The normalized spacial score (nSPS) is 11.8. The average Bonchev–Trinajstić information content (AvgIpc) is 2.57. The molecule has 0 fully saturated rings. The molecule has 5 nitrogen and oxygen atoms in total. The van der Waals surface area contributed by atoms with Crippen LogP contribution in [0.15, 0.2) is 36.5 Å². The largest absolute Gasteiger partial charge is 0.372 e. The molecule has 0 aliphatic heterocycles. The minimum absolute atomic E-state index is 0.395. The van der Waals surface area contributed by atoms with E-state index in [9.17, 15) is 0 Å². The summed E-state index contributed by atoms with van der Waals surface area (Å²) in [5.74, 6) is 1.45. The van der Waals surface area contributed by atoms with Crippen LogP contribution in [0.5, 0.6) is 0 Å². The van der Waals surface area contributed by atoms with Crippen molar-refractivity contribution in [3.63, 3.8) is 0 Å². The lowest BCUT2D eigenvalue weighted by molar-refractivity contribution is 0.758. The summed E-state index contributed by atoms with van der Waals surface area (Å²) in [5, 5.41) is 6.62. The molecule has 0 aliphatic rings. The maximum atomic E-state index is 4.50. The van der Waals surface area contributed by atoms with E-state index in [0.29, 0.717) is 12.0 Å². The summed E-state index contributed by atoms with van der Waals surface area (Å²) in [4.78, 5) is 11.1. The minimum atomic E-state index is 0.395. The zero-order valence-corrected chi connectivity index (χ0v) is 14.5. The smallest absolute Gasteiger partial charge is 0.229 e. The second kappa shape index (κ2) is 8.36. The van der Waals surface area contributed by atoms with Gasteiger partial charge >= 0.3 is 0 Å². The first-order valence-electron chi connectivity index (χ1n) is 8.37. The Morgan fingerprint density at radius 2 is 1.74 bits per heavy atom. The van der Waals surface area contributed by atoms with Gasteiger partial charge in [0.2, 0.25) is 5.95 Å². The molecule has 0 aliphatic carbocycles. The molecule has 2 N–H and O–H groups in total. The van der Waals surface area contributed by atoms with Gasteiger partial charge in [0.05, 0.1) is 0 Å². The highest BCUT2D eigenvalue weighted by Gasteiger charge is 2.04. The van der Waals surface area contributed by atoms with E-state index in [-0.39, 0.29) is 0 Å². The van der Waals surface area contributed by atoms with Crippen molar-refractivity contribution >= 4 is 23.1 Å². The molecule has 2 aromatic rings. The molecular weight excluding hydrogens is 286 g/mol. The Kier molecular flexibility index (Phi) is 6.20. The molecule has 23 heavy (non-hydrogen) atoms. The Bertz CT molecular complexity index is 593. The van der Waals surface area contributed by atoms with Gasteiger partial charge in [0.25, 0.3) is 0 Å². The molecule has 0 spiro atoms. The van der Waals surface area contributed by atoms with Gasteiger partial charge in [0, 0.05) is 36.7 Å². The van der Waals surface area contributed by atoms with Crippen LogP contribution in [0.3, 0.4) is 0 Å². The third-order valence-corrected chi connectivity index (χ3v) is 3.91. The number of nitrogens with zero attached hydrogens (tertiary/aromatic N) is 3. The number of aromatic nitrogens is 2. The van der Waals surface area contributed by atoms with Crippen LogP contribution >= 0.6 is 0 Å². The lowest BCUT2D eigenvalue weighted by Crippen LogP contribution is -2.21. The predicted octanol–water partition coefficient (Wildman–Crippen LogP) is 4.28. The monoisotopic (exact) mass is 313 g/mol. The molecule has 0 saturated heterocycles. The maximum Gasteiger partial charge on any atom is 0.229 e. The van der Waals surface area contributed by atoms with Crippen LogP contribution in [0.4, 0.5) is 23.1 Å². The summed E-state index contributed by atoms with van der Waals surface area (Å²) in [5.41, 5.74) is 2.22. The summed E-state index contributed by atoms with van der Waals surface area (Å²) in [6, 6.07) is 10.7. The third-order valence-electron chi connectivity index (χ3n) is 3.91. The van der Waals surface area contributed by atoms with E-state index < -0.39 is 0 Å². The Morgan fingerprint density at radius 3 is 2.35 bits per heavy atom. The quantitative estimate of drug-likeness (QED) is 0.762. The van der Waals surface area contributed by atoms with Crippen LogP contribution in [0.25, 0.3) is 0 Å². The fourth-order valence-electron chi connectivity index (χ4n) is 2.33. The third kappa shape index (κ3) is 4.84. The first kappa shape index (κ1) is 17.1. The van der Waals surface area contributed by atoms with E-state index in [1.165, 1.54) is 5.69 Å². The number of benzene rings is 1. The molecule has 124 valence electrons. The number of anilines is 4. The van der Waals surface area contributed by atoms with Gasteiger partial charge in [-0.25, -0.2) is 4.98 Å². The van der Waals surface area contributed by atoms with Crippen molar-refractivity contribution < 1.29 is 0 Å². The Hall–Kier alpha value is -2.30. The van der Waals surface area contributed by atoms with Crippen LogP contribution < -0.4 is 15.5 Å². The van der Waals surface area contributed by atoms with Crippen molar-refractivity contribution in [3.05, 3.63) is 36.5 Å². The Labute approximate surface area is 139 Å². The molecule has 5 heteroatoms.